The van der Waals surface area contributed by atoms with E-state index in [2.05, 4.69) is 40.2 Å². The van der Waals surface area contributed by atoms with E-state index in [1.165, 1.54) is 21.2 Å². The van der Waals surface area contributed by atoms with Crippen molar-refractivity contribution in [3.05, 3.63) is 89.6 Å². The van der Waals surface area contributed by atoms with Gasteiger partial charge in [0.25, 0.3) is 11.8 Å². The van der Waals surface area contributed by atoms with Crippen LogP contribution in [0.2, 0.25) is 0 Å². The molecule has 0 spiro atoms. The standard InChI is InChI=1S/C25H19N3O2S/c1-27-24(30)21(23(29)26-25(27)31)13-19-15-28(22-9-5-4-8-20(19)22)14-16-10-11-17-6-2-3-7-18(17)12-16/h2-13,15H,14H2,1H3,(H,26,29,31)/b21-13+. The summed E-state index contributed by atoms with van der Waals surface area (Å²) in [5.74, 6) is -0.875. The Balaban J connectivity index is 1.57. The highest BCUT2D eigenvalue weighted by atomic mass is 32.1. The summed E-state index contributed by atoms with van der Waals surface area (Å²) in [6.07, 6.45) is 3.63. The number of para-hydroxylation sites is 1. The summed E-state index contributed by atoms with van der Waals surface area (Å²) < 4.78 is 2.14. The van der Waals surface area contributed by atoms with Crippen LogP contribution < -0.4 is 5.32 Å². The molecule has 0 saturated carbocycles. The van der Waals surface area contributed by atoms with Gasteiger partial charge >= 0.3 is 0 Å². The van der Waals surface area contributed by atoms with Gasteiger partial charge in [-0.3, -0.25) is 19.8 Å². The first-order valence-corrected chi connectivity index (χ1v) is 10.3. The minimum Gasteiger partial charge on any atom is -0.342 e. The minimum atomic E-state index is -0.473. The van der Waals surface area contributed by atoms with Crippen LogP contribution in [0.15, 0.2) is 78.5 Å². The fourth-order valence-electron chi connectivity index (χ4n) is 3.96. The van der Waals surface area contributed by atoms with Crippen molar-refractivity contribution in [1.82, 2.24) is 14.8 Å². The molecular weight excluding hydrogens is 406 g/mol. The predicted molar refractivity (Wildman–Crippen MR) is 126 cm³/mol. The van der Waals surface area contributed by atoms with E-state index in [4.69, 9.17) is 12.2 Å². The zero-order valence-electron chi connectivity index (χ0n) is 16.8. The number of fused-ring (bicyclic) bond motifs is 2. The number of thiocarbonyl (C=S) groups is 1. The van der Waals surface area contributed by atoms with E-state index in [1.54, 1.807) is 13.1 Å². The normalized spacial score (nSPS) is 15.8. The molecule has 0 bridgehead atoms. The van der Waals surface area contributed by atoms with Gasteiger partial charge in [0.2, 0.25) is 0 Å². The number of nitrogens with zero attached hydrogens (tertiary/aromatic N) is 2. The molecule has 5 rings (SSSR count). The molecule has 5 nitrogen and oxygen atoms in total. The molecule has 0 aliphatic carbocycles. The summed E-state index contributed by atoms with van der Waals surface area (Å²) in [5, 5.41) is 6.06. The topological polar surface area (TPSA) is 54.3 Å². The molecule has 2 heterocycles. The second kappa shape index (κ2) is 7.49. The summed E-state index contributed by atoms with van der Waals surface area (Å²) >= 11 is 5.03. The van der Waals surface area contributed by atoms with E-state index in [1.807, 2.05) is 42.6 Å². The van der Waals surface area contributed by atoms with Crippen LogP contribution in [0.5, 0.6) is 0 Å². The Morgan fingerprint density at radius 3 is 2.55 bits per heavy atom. The lowest BCUT2D eigenvalue weighted by Crippen LogP contribution is -2.52. The molecule has 1 N–H and O–H groups in total. The number of amides is 2. The maximum Gasteiger partial charge on any atom is 0.265 e. The van der Waals surface area contributed by atoms with Gasteiger partial charge in [-0.05, 0) is 46.8 Å². The van der Waals surface area contributed by atoms with Crippen molar-refractivity contribution in [1.29, 1.82) is 0 Å². The predicted octanol–water partition coefficient (Wildman–Crippen LogP) is 4.10. The molecule has 1 fully saturated rings. The van der Waals surface area contributed by atoms with Crippen molar-refractivity contribution in [3.63, 3.8) is 0 Å². The number of carbonyl (C=O) groups is 2. The Morgan fingerprint density at radius 1 is 0.968 bits per heavy atom. The highest BCUT2D eigenvalue weighted by Crippen LogP contribution is 2.26. The SMILES string of the molecule is CN1C(=O)/C(=C/c2cn(Cc3ccc4ccccc4c3)c3ccccc23)C(=O)NC1=S. The molecule has 152 valence electrons. The molecule has 1 aliphatic heterocycles. The maximum absolute atomic E-state index is 12.6. The Bertz CT molecular complexity index is 1420. The molecule has 1 aromatic heterocycles. The van der Waals surface area contributed by atoms with Gasteiger partial charge in [-0.25, -0.2) is 0 Å². The first-order valence-electron chi connectivity index (χ1n) is 9.92. The minimum absolute atomic E-state index is 0.0738. The van der Waals surface area contributed by atoms with Crippen LogP contribution in [0.25, 0.3) is 27.8 Å². The molecule has 31 heavy (non-hydrogen) atoms. The van der Waals surface area contributed by atoms with E-state index < -0.39 is 11.8 Å². The molecule has 3 aromatic carbocycles. The molecule has 4 aromatic rings. The maximum atomic E-state index is 12.6. The second-order valence-corrected chi connectivity index (χ2v) is 7.98. The largest absolute Gasteiger partial charge is 0.342 e. The quantitative estimate of drug-likeness (QED) is 0.305. The molecule has 0 radical (unpaired) electrons. The first-order chi connectivity index (χ1) is 15.0. The first kappa shape index (κ1) is 19.2. The smallest absolute Gasteiger partial charge is 0.265 e. The summed E-state index contributed by atoms with van der Waals surface area (Å²) in [6.45, 7) is 0.679. The fourth-order valence-corrected chi connectivity index (χ4v) is 4.13. The van der Waals surface area contributed by atoms with Crippen LogP contribution in [0.3, 0.4) is 0 Å². The number of nitrogens with one attached hydrogen (secondary N) is 1. The number of rotatable bonds is 3. The summed E-state index contributed by atoms with van der Waals surface area (Å²) in [7, 11) is 1.56. The lowest BCUT2D eigenvalue weighted by Gasteiger charge is -2.24. The molecule has 1 aliphatic rings. The zero-order valence-corrected chi connectivity index (χ0v) is 17.6. The van der Waals surface area contributed by atoms with Crippen molar-refractivity contribution in [2.75, 3.05) is 7.05 Å². The third-order valence-electron chi connectivity index (χ3n) is 5.59. The third kappa shape index (κ3) is 3.41. The lowest BCUT2D eigenvalue weighted by atomic mass is 10.1. The molecule has 0 atom stereocenters. The number of benzene rings is 3. The van der Waals surface area contributed by atoms with Crippen LogP contribution in [0.1, 0.15) is 11.1 Å². The lowest BCUT2D eigenvalue weighted by molar-refractivity contribution is -0.128. The van der Waals surface area contributed by atoms with Gasteiger partial charge in [0.05, 0.1) is 0 Å². The molecule has 1 saturated heterocycles. The Kier molecular flexibility index (Phi) is 4.64. The van der Waals surface area contributed by atoms with Crippen molar-refractivity contribution in [3.8, 4) is 0 Å². The van der Waals surface area contributed by atoms with Crippen LogP contribution in [0.4, 0.5) is 0 Å². The highest BCUT2D eigenvalue weighted by Gasteiger charge is 2.31. The van der Waals surface area contributed by atoms with Crippen LogP contribution >= 0.6 is 12.2 Å². The number of hydrogen-bond donors (Lipinski definition) is 1. The van der Waals surface area contributed by atoms with Crippen LogP contribution in [-0.4, -0.2) is 33.4 Å². The number of aromatic nitrogens is 1. The Hall–Kier alpha value is -3.77. The van der Waals surface area contributed by atoms with E-state index in [0.29, 0.717) is 6.54 Å². The van der Waals surface area contributed by atoms with E-state index >= 15 is 0 Å². The number of hydrogen-bond acceptors (Lipinski definition) is 3. The van der Waals surface area contributed by atoms with Gasteiger partial charge in [0, 0.05) is 36.3 Å². The molecule has 6 heteroatoms. The molecule has 0 unspecified atom stereocenters. The Labute approximate surface area is 184 Å². The highest BCUT2D eigenvalue weighted by molar-refractivity contribution is 7.80. The zero-order chi connectivity index (χ0) is 21.5. The average Bonchev–Trinajstić information content (AvgIpc) is 3.12. The van der Waals surface area contributed by atoms with E-state index in [-0.39, 0.29) is 10.7 Å². The number of carbonyl (C=O) groups excluding carboxylic acids is 2. The van der Waals surface area contributed by atoms with Crippen molar-refractivity contribution in [2.24, 2.45) is 0 Å². The van der Waals surface area contributed by atoms with Gasteiger partial charge in [-0.15, -0.1) is 0 Å². The summed E-state index contributed by atoms with van der Waals surface area (Å²) in [5.41, 5.74) is 3.10. The fraction of sp³-hybridized carbons (Fsp3) is 0.0800. The monoisotopic (exact) mass is 425 g/mol. The van der Waals surface area contributed by atoms with Crippen molar-refractivity contribution >= 4 is 56.9 Å². The van der Waals surface area contributed by atoms with E-state index in [9.17, 15) is 9.59 Å². The van der Waals surface area contributed by atoms with Crippen molar-refractivity contribution in [2.45, 2.75) is 6.54 Å². The van der Waals surface area contributed by atoms with Gasteiger partial charge in [0.1, 0.15) is 5.57 Å². The van der Waals surface area contributed by atoms with Gasteiger partial charge in [-0.1, -0.05) is 54.6 Å². The van der Waals surface area contributed by atoms with Gasteiger partial charge < -0.3 is 4.57 Å². The average molecular weight is 426 g/mol. The van der Waals surface area contributed by atoms with E-state index in [0.717, 1.165) is 16.5 Å². The van der Waals surface area contributed by atoms with Crippen molar-refractivity contribution < 1.29 is 9.59 Å². The van der Waals surface area contributed by atoms with Crippen LogP contribution in [0, 0.1) is 0 Å². The Morgan fingerprint density at radius 2 is 1.71 bits per heavy atom. The third-order valence-corrected chi connectivity index (χ3v) is 5.97. The van der Waals surface area contributed by atoms with Gasteiger partial charge in [-0.2, -0.15) is 0 Å². The van der Waals surface area contributed by atoms with Crippen LogP contribution in [-0.2, 0) is 16.1 Å². The summed E-state index contributed by atoms with van der Waals surface area (Å²) in [4.78, 5) is 26.3. The number of likely N-dealkylation sites (N-methyl/N-ethyl adjacent to an activating group) is 1. The molecular formula is C25H19N3O2S. The molecule has 2 amide bonds. The summed E-state index contributed by atoms with van der Waals surface area (Å²) in [6, 6.07) is 22.7. The van der Waals surface area contributed by atoms with Gasteiger partial charge in [0.15, 0.2) is 5.11 Å². The second-order valence-electron chi connectivity index (χ2n) is 7.59.